The number of halogens is 1. The number of thiazole rings is 1. The molecule has 0 saturated carbocycles. The third-order valence-corrected chi connectivity index (χ3v) is 5.03. The van der Waals surface area contributed by atoms with E-state index in [-0.39, 0.29) is 17.4 Å². The van der Waals surface area contributed by atoms with Gasteiger partial charge in [0.1, 0.15) is 5.82 Å². The van der Waals surface area contributed by atoms with Crippen molar-refractivity contribution < 1.29 is 14.0 Å². The maximum Gasteiger partial charge on any atom is 0.230 e. The molecule has 1 amide bonds. The van der Waals surface area contributed by atoms with Crippen LogP contribution in [0.5, 0.6) is 0 Å². The van der Waals surface area contributed by atoms with Crippen molar-refractivity contribution >= 4 is 45.6 Å². The minimum absolute atomic E-state index is 0.141. The molecule has 0 atom stereocenters. The van der Waals surface area contributed by atoms with Gasteiger partial charge in [-0.25, -0.2) is 9.37 Å². The summed E-state index contributed by atoms with van der Waals surface area (Å²) in [4.78, 5) is 32.0. The number of allylic oxidation sites excluding steroid dienone is 1. The lowest BCUT2D eigenvalue weighted by atomic mass is 10.1. The molecule has 0 aliphatic rings. The number of nitrogens with zero attached hydrogens (tertiary/aromatic N) is 3. The van der Waals surface area contributed by atoms with Gasteiger partial charge in [0.15, 0.2) is 10.9 Å². The lowest BCUT2D eigenvalue weighted by Gasteiger charge is -2.18. The van der Waals surface area contributed by atoms with E-state index >= 15 is 0 Å². The van der Waals surface area contributed by atoms with Crippen LogP contribution < -0.4 is 9.80 Å². The molecule has 1 heterocycles. The van der Waals surface area contributed by atoms with Gasteiger partial charge in [-0.1, -0.05) is 12.1 Å². The Morgan fingerprint density at radius 2 is 1.76 bits per heavy atom. The van der Waals surface area contributed by atoms with Crippen LogP contribution in [0.25, 0.3) is 6.08 Å². The van der Waals surface area contributed by atoms with Gasteiger partial charge in [0.05, 0.1) is 11.4 Å². The van der Waals surface area contributed by atoms with E-state index in [0.717, 1.165) is 5.69 Å². The number of carbonyl (C=O) groups excluding carboxylic acids is 2. The van der Waals surface area contributed by atoms with Gasteiger partial charge in [-0.2, -0.15) is 0 Å². The number of carbonyl (C=O) groups is 2. The zero-order valence-corrected chi connectivity index (χ0v) is 17.1. The second-order valence-corrected chi connectivity index (χ2v) is 7.34. The topological polar surface area (TPSA) is 53.5 Å². The van der Waals surface area contributed by atoms with Crippen LogP contribution in [0.4, 0.5) is 20.9 Å². The highest BCUT2D eigenvalue weighted by atomic mass is 32.1. The first-order valence-electron chi connectivity index (χ1n) is 8.87. The summed E-state index contributed by atoms with van der Waals surface area (Å²) >= 11 is 1.20. The van der Waals surface area contributed by atoms with Gasteiger partial charge in [-0.05, 0) is 48.6 Å². The number of ketones is 1. The predicted octanol–water partition coefficient (Wildman–Crippen LogP) is 4.93. The molecule has 1 aromatic heterocycles. The van der Waals surface area contributed by atoms with Crippen LogP contribution in [-0.4, -0.2) is 30.8 Å². The molecule has 0 aliphatic heterocycles. The number of amides is 1. The van der Waals surface area contributed by atoms with E-state index in [1.807, 2.05) is 31.1 Å². The summed E-state index contributed by atoms with van der Waals surface area (Å²) in [7, 11) is 3.87. The molecule has 0 spiro atoms. The molecule has 0 bridgehead atoms. The first kappa shape index (κ1) is 20.4. The molecule has 0 unspecified atom stereocenters. The predicted molar refractivity (Wildman–Crippen MR) is 115 cm³/mol. The van der Waals surface area contributed by atoms with E-state index in [1.165, 1.54) is 41.4 Å². The Bertz CT molecular complexity index is 1060. The van der Waals surface area contributed by atoms with Crippen molar-refractivity contribution in [3.05, 3.63) is 77.1 Å². The summed E-state index contributed by atoms with van der Waals surface area (Å²) in [6.45, 7) is 1.35. The Kier molecular flexibility index (Phi) is 6.19. The molecule has 0 saturated heterocycles. The number of benzene rings is 2. The molecule has 5 nitrogen and oxygen atoms in total. The average molecular weight is 409 g/mol. The zero-order valence-electron chi connectivity index (χ0n) is 16.3. The molecular formula is C22H20FN3O2S. The molecule has 7 heteroatoms. The summed E-state index contributed by atoms with van der Waals surface area (Å²) in [5.74, 6) is -1.01. The quantitative estimate of drug-likeness (QED) is 0.428. The summed E-state index contributed by atoms with van der Waals surface area (Å²) in [5.41, 5.74) is 2.24. The smallest absolute Gasteiger partial charge is 0.230 e. The van der Waals surface area contributed by atoms with Crippen LogP contribution in [0.1, 0.15) is 23.0 Å². The van der Waals surface area contributed by atoms with Crippen molar-refractivity contribution in [2.75, 3.05) is 23.9 Å². The lowest BCUT2D eigenvalue weighted by molar-refractivity contribution is -0.115. The van der Waals surface area contributed by atoms with Crippen molar-refractivity contribution in [2.24, 2.45) is 0 Å². The van der Waals surface area contributed by atoms with Gasteiger partial charge in [-0.15, -0.1) is 11.3 Å². The first-order valence-corrected chi connectivity index (χ1v) is 9.75. The first-order chi connectivity index (χ1) is 13.9. The Labute approximate surface area is 172 Å². The van der Waals surface area contributed by atoms with Gasteiger partial charge >= 0.3 is 0 Å². The van der Waals surface area contributed by atoms with Crippen molar-refractivity contribution in [3.63, 3.8) is 0 Å². The number of hydrogen-bond acceptors (Lipinski definition) is 5. The van der Waals surface area contributed by atoms with Gasteiger partial charge < -0.3 is 4.90 Å². The van der Waals surface area contributed by atoms with Gasteiger partial charge in [-0.3, -0.25) is 14.5 Å². The molecule has 0 N–H and O–H groups in total. The maximum atomic E-state index is 14.1. The highest BCUT2D eigenvalue weighted by Crippen LogP contribution is 2.31. The highest BCUT2D eigenvalue weighted by molar-refractivity contribution is 7.14. The molecule has 0 radical (unpaired) electrons. The Balaban J connectivity index is 1.79. The van der Waals surface area contributed by atoms with Crippen molar-refractivity contribution in [1.29, 1.82) is 0 Å². The Morgan fingerprint density at radius 1 is 1.07 bits per heavy atom. The van der Waals surface area contributed by atoms with Crippen LogP contribution >= 0.6 is 11.3 Å². The van der Waals surface area contributed by atoms with Gasteiger partial charge in [0, 0.05) is 37.6 Å². The molecule has 0 fully saturated rings. The number of hydrogen-bond donors (Lipinski definition) is 0. The van der Waals surface area contributed by atoms with Crippen LogP contribution in [0.3, 0.4) is 0 Å². The molecule has 148 valence electrons. The fraction of sp³-hybridized carbons (Fsp3) is 0.136. The lowest BCUT2D eigenvalue weighted by Crippen LogP contribution is -2.23. The summed E-state index contributed by atoms with van der Waals surface area (Å²) in [6.07, 6.45) is 3.02. The largest absolute Gasteiger partial charge is 0.378 e. The Hall–Kier alpha value is -3.32. The van der Waals surface area contributed by atoms with Gasteiger partial charge in [0.2, 0.25) is 5.91 Å². The van der Waals surface area contributed by atoms with Crippen molar-refractivity contribution in [2.45, 2.75) is 6.92 Å². The van der Waals surface area contributed by atoms with Crippen molar-refractivity contribution in [1.82, 2.24) is 4.98 Å². The zero-order chi connectivity index (χ0) is 21.0. The standard InChI is InChI=1S/C22H20FN3O2S/c1-15(27)26(20-7-5-4-6-19(20)23)22-24-17(14-29-22)10-13-21(28)16-8-11-18(12-9-16)25(2)3/h4-14H,1-3H3. The van der Waals surface area contributed by atoms with Crippen LogP contribution in [0.15, 0.2) is 60.0 Å². The number of aromatic nitrogens is 1. The minimum Gasteiger partial charge on any atom is -0.378 e. The van der Waals surface area contributed by atoms with E-state index in [4.69, 9.17) is 0 Å². The monoisotopic (exact) mass is 409 g/mol. The third-order valence-electron chi connectivity index (χ3n) is 4.18. The summed E-state index contributed by atoms with van der Waals surface area (Å²) < 4.78 is 14.1. The molecule has 3 rings (SSSR count). The molecule has 2 aromatic carbocycles. The van der Waals surface area contributed by atoms with E-state index in [1.54, 1.807) is 35.7 Å². The molecule has 29 heavy (non-hydrogen) atoms. The van der Waals surface area contributed by atoms with Crippen LogP contribution in [0, 0.1) is 5.82 Å². The summed E-state index contributed by atoms with van der Waals surface area (Å²) in [5, 5.41) is 2.05. The number of anilines is 3. The fourth-order valence-corrected chi connectivity index (χ4v) is 3.52. The summed E-state index contributed by atoms with van der Waals surface area (Å²) in [6, 6.07) is 13.3. The van der Waals surface area contributed by atoms with E-state index in [2.05, 4.69) is 4.98 Å². The van der Waals surface area contributed by atoms with Crippen molar-refractivity contribution in [3.8, 4) is 0 Å². The van der Waals surface area contributed by atoms with E-state index in [9.17, 15) is 14.0 Å². The minimum atomic E-state index is -0.508. The average Bonchev–Trinajstić information content (AvgIpc) is 3.16. The van der Waals surface area contributed by atoms with Gasteiger partial charge in [0.25, 0.3) is 0 Å². The van der Waals surface area contributed by atoms with E-state index < -0.39 is 5.82 Å². The number of para-hydroxylation sites is 1. The normalized spacial score (nSPS) is 10.9. The Morgan fingerprint density at radius 3 is 2.38 bits per heavy atom. The maximum absolute atomic E-state index is 14.1. The SMILES string of the molecule is CC(=O)N(c1nc(C=CC(=O)c2ccc(N(C)C)cc2)cs1)c1ccccc1F. The number of rotatable bonds is 6. The highest BCUT2D eigenvalue weighted by Gasteiger charge is 2.20. The molecular weight excluding hydrogens is 389 g/mol. The van der Waals surface area contributed by atoms with Crippen LogP contribution in [-0.2, 0) is 4.79 Å². The molecule has 0 aliphatic carbocycles. The fourth-order valence-electron chi connectivity index (χ4n) is 2.68. The second kappa shape index (κ2) is 8.79. The molecule has 3 aromatic rings. The third kappa shape index (κ3) is 4.75. The second-order valence-electron chi connectivity index (χ2n) is 6.50. The van der Waals surface area contributed by atoms with Crippen LogP contribution in [0.2, 0.25) is 0 Å². The van der Waals surface area contributed by atoms with E-state index in [0.29, 0.717) is 16.4 Å².